The van der Waals surface area contributed by atoms with Gasteiger partial charge in [-0.2, -0.15) is 13.2 Å². The first-order valence-electron chi connectivity index (χ1n) is 25.3. The van der Waals surface area contributed by atoms with Crippen LogP contribution in [0.5, 0.6) is 0 Å². The molecule has 4 N–H and O–H groups in total. The number of carbonyl (C=O) groups excluding carboxylic acids is 5. The Kier molecular flexibility index (Phi) is 19.7. The Morgan fingerprint density at radius 1 is 0.843 bits per heavy atom. The Bertz CT molecular complexity index is 2150. The maximum absolute atomic E-state index is 13.2. The van der Waals surface area contributed by atoms with E-state index >= 15 is 0 Å². The van der Waals surface area contributed by atoms with Gasteiger partial charge in [0.2, 0.25) is 29.5 Å². The third kappa shape index (κ3) is 15.0. The summed E-state index contributed by atoms with van der Waals surface area (Å²) in [5.41, 5.74) is 5.07. The van der Waals surface area contributed by atoms with Crippen LogP contribution in [-0.2, 0) is 30.1 Å². The molecule has 70 heavy (non-hydrogen) atoms. The van der Waals surface area contributed by atoms with Crippen LogP contribution in [0.15, 0.2) is 55.1 Å². The van der Waals surface area contributed by atoms with E-state index in [1.807, 2.05) is 28.0 Å². The molecule has 5 aliphatic rings. The summed E-state index contributed by atoms with van der Waals surface area (Å²) in [5, 5.41) is 6.29. The van der Waals surface area contributed by atoms with Crippen LogP contribution in [0.25, 0.3) is 10.9 Å². The summed E-state index contributed by atoms with van der Waals surface area (Å²) in [4.78, 5) is 83.0. The lowest BCUT2D eigenvalue weighted by Gasteiger charge is -2.41. The number of benzene rings is 1. The van der Waals surface area contributed by atoms with E-state index in [1.54, 1.807) is 24.3 Å². The molecule has 0 spiro atoms. The number of unbranched alkanes of at least 4 members (excludes halogenated alkanes) is 2. The SMILES string of the molecule is CC(C)N(C)C1CCC(N2CCC(Nc3ncnc4ccc(C(F)(F)F)cc34)C2=O)CC1.CN1CC(C(=O)NCCCCCC(=O)N2CCC(N3CCC(C(N)=O)CC3)CC2)CC1=O.c1ccncc1. The molecule has 2 aromatic heterocycles. The van der Waals surface area contributed by atoms with E-state index in [4.69, 9.17) is 5.73 Å². The van der Waals surface area contributed by atoms with Crippen LogP contribution in [0.1, 0.15) is 109 Å². The predicted octanol–water partition coefficient (Wildman–Crippen LogP) is 5.72. The number of likely N-dealkylation sites (tertiary alicyclic amines) is 4. The average molecular weight is 978 g/mol. The molecule has 1 aromatic carbocycles. The summed E-state index contributed by atoms with van der Waals surface area (Å²) in [5.74, 6) is 0.105. The molecule has 0 bridgehead atoms. The molecule has 6 heterocycles. The number of alkyl halides is 3. The first-order valence-corrected chi connectivity index (χ1v) is 25.3. The molecule has 384 valence electrons. The fourth-order valence-corrected chi connectivity index (χ4v) is 10.4. The van der Waals surface area contributed by atoms with Crippen LogP contribution in [0.4, 0.5) is 19.0 Å². The van der Waals surface area contributed by atoms with Gasteiger partial charge < -0.3 is 40.9 Å². The number of anilines is 1. The minimum Gasteiger partial charge on any atom is -0.369 e. The summed E-state index contributed by atoms with van der Waals surface area (Å²) in [7, 11) is 3.89. The van der Waals surface area contributed by atoms with Crippen molar-refractivity contribution in [1.29, 1.82) is 0 Å². The molecule has 8 rings (SSSR count). The van der Waals surface area contributed by atoms with Crippen molar-refractivity contribution in [2.24, 2.45) is 17.6 Å². The monoisotopic (exact) mass is 978 g/mol. The van der Waals surface area contributed by atoms with Crippen molar-refractivity contribution in [1.82, 2.24) is 44.8 Å². The van der Waals surface area contributed by atoms with E-state index in [0.29, 0.717) is 62.5 Å². The lowest BCUT2D eigenvalue weighted by Crippen LogP contribution is -2.49. The quantitative estimate of drug-likeness (QED) is 0.168. The first-order chi connectivity index (χ1) is 33.5. The summed E-state index contributed by atoms with van der Waals surface area (Å²) in [6, 6.07) is 10.4. The number of nitrogens with two attached hydrogens (primary N) is 1. The number of fused-ring (bicyclic) bond motifs is 1. The highest BCUT2D eigenvalue weighted by Gasteiger charge is 2.39. The van der Waals surface area contributed by atoms with Crippen LogP contribution in [-0.4, -0.2) is 159 Å². The number of aromatic nitrogens is 3. The molecule has 1 saturated carbocycles. The molecule has 4 aliphatic heterocycles. The number of piperidine rings is 2. The maximum atomic E-state index is 13.2. The third-order valence-electron chi connectivity index (χ3n) is 14.9. The Hall–Kier alpha value is -5.43. The zero-order valence-electron chi connectivity index (χ0n) is 41.4. The van der Waals surface area contributed by atoms with Gasteiger partial charge in [-0.05, 0) is 135 Å². The van der Waals surface area contributed by atoms with E-state index in [9.17, 15) is 37.1 Å². The molecule has 0 radical (unpaired) electrons. The smallest absolute Gasteiger partial charge is 0.369 e. The Labute approximate surface area is 410 Å². The standard InChI is InChI=1S/C23H30F3N5O.C23H39N5O4.C5H5N/c1-14(2)30(3)16-5-7-17(8-6-16)31-11-10-20(22(31)32)29-21-18-12-15(23(24,25)26)4-9-19(18)27-13-28-21;1-26-16-18(15-21(26)30)23(32)25-10-4-2-3-5-20(29)28-13-8-19(9-14-28)27-11-6-17(7-12-27)22(24)31;1-2-4-6-5-3-1/h4,9,12-14,16-17,20H,5-8,10-11H2,1-3H3,(H,27,28,29);17-19H,2-16H2,1H3,(H2,24,31)(H,25,32);1-5H. The number of nitrogens with one attached hydrogen (secondary N) is 2. The van der Waals surface area contributed by atoms with E-state index in [2.05, 4.69) is 56.3 Å². The van der Waals surface area contributed by atoms with Crippen molar-refractivity contribution in [3.8, 4) is 0 Å². The fraction of sp³-hybridized carbons (Fsp3) is 0.647. The molecule has 5 amide bonds. The number of hydrogen-bond acceptors (Lipinski definition) is 11. The van der Waals surface area contributed by atoms with Crippen LogP contribution >= 0.6 is 0 Å². The lowest BCUT2D eigenvalue weighted by atomic mass is 9.89. The van der Waals surface area contributed by atoms with Gasteiger partial charge in [0.25, 0.3) is 0 Å². The Morgan fingerprint density at radius 3 is 2.13 bits per heavy atom. The molecule has 3 aromatic rings. The molecule has 1 aliphatic carbocycles. The second-order valence-corrected chi connectivity index (χ2v) is 19.8. The van der Waals surface area contributed by atoms with Gasteiger partial charge in [0.1, 0.15) is 18.2 Å². The number of nitrogens with zero attached hydrogens (tertiary/aromatic N) is 8. The number of amides is 5. The van der Waals surface area contributed by atoms with Gasteiger partial charge in [0.05, 0.1) is 17.0 Å². The van der Waals surface area contributed by atoms with Crippen LogP contribution in [0, 0.1) is 11.8 Å². The summed E-state index contributed by atoms with van der Waals surface area (Å²) < 4.78 is 39.5. The van der Waals surface area contributed by atoms with Crippen LogP contribution in [0.2, 0.25) is 0 Å². The van der Waals surface area contributed by atoms with Gasteiger partial charge in [-0.15, -0.1) is 0 Å². The second kappa shape index (κ2) is 25.6. The van der Waals surface area contributed by atoms with E-state index in [0.717, 1.165) is 109 Å². The minimum absolute atomic E-state index is 0.00408. The van der Waals surface area contributed by atoms with Crippen molar-refractivity contribution in [3.63, 3.8) is 0 Å². The maximum Gasteiger partial charge on any atom is 0.416 e. The summed E-state index contributed by atoms with van der Waals surface area (Å²) >= 11 is 0. The van der Waals surface area contributed by atoms with Gasteiger partial charge in [0.15, 0.2) is 0 Å². The number of hydrogen-bond donors (Lipinski definition) is 3. The zero-order chi connectivity index (χ0) is 50.4. The van der Waals surface area contributed by atoms with Crippen molar-refractivity contribution in [3.05, 3.63) is 60.7 Å². The molecule has 19 heteroatoms. The first kappa shape index (κ1) is 53.9. The van der Waals surface area contributed by atoms with E-state index in [1.165, 1.54) is 12.4 Å². The highest BCUT2D eigenvalue weighted by Crippen LogP contribution is 2.34. The van der Waals surface area contributed by atoms with Gasteiger partial charge in [-0.1, -0.05) is 12.5 Å². The predicted molar refractivity (Wildman–Crippen MR) is 262 cm³/mol. The average Bonchev–Trinajstić information content (AvgIpc) is 3.91. The highest BCUT2D eigenvalue weighted by molar-refractivity contribution is 5.93. The van der Waals surface area contributed by atoms with Crippen molar-refractivity contribution < 1.29 is 37.1 Å². The number of primary amides is 1. The molecule has 2 atom stereocenters. The normalized spacial score (nSPS) is 22.7. The minimum atomic E-state index is -4.45. The molecule has 2 unspecified atom stereocenters. The third-order valence-corrected chi connectivity index (χ3v) is 14.9. The molecule has 5 fully saturated rings. The van der Waals surface area contributed by atoms with Gasteiger partial charge in [-0.3, -0.25) is 29.0 Å². The second-order valence-electron chi connectivity index (χ2n) is 19.8. The Morgan fingerprint density at radius 2 is 1.54 bits per heavy atom. The lowest BCUT2D eigenvalue weighted by molar-refractivity contribution is -0.137. The Balaban J connectivity index is 0.000000205. The molecule has 16 nitrogen and oxygen atoms in total. The van der Waals surface area contributed by atoms with E-state index in [-0.39, 0.29) is 58.6 Å². The summed E-state index contributed by atoms with van der Waals surface area (Å²) in [6.45, 7) is 9.62. The molecular weight excluding hydrogens is 904 g/mol. The topological polar surface area (TPSA) is 190 Å². The largest absolute Gasteiger partial charge is 0.416 e. The molecule has 4 saturated heterocycles. The zero-order valence-corrected chi connectivity index (χ0v) is 41.4. The highest BCUT2D eigenvalue weighted by atomic mass is 19.4. The van der Waals surface area contributed by atoms with Gasteiger partial charge in [-0.25, -0.2) is 9.97 Å². The number of pyridine rings is 1. The molecular formula is C51H74F3N11O5. The number of rotatable bonds is 14. The van der Waals surface area contributed by atoms with Crippen molar-refractivity contribution >= 4 is 46.3 Å². The summed E-state index contributed by atoms with van der Waals surface area (Å²) in [6.07, 6.45) is 12.2. The van der Waals surface area contributed by atoms with Gasteiger partial charge in [0, 0.05) is 100 Å². The van der Waals surface area contributed by atoms with Crippen LogP contribution in [0.3, 0.4) is 0 Å². The van der Waals surface area contributed by atoms with Crippen molar-refractivity contribution in [2.75, 3.05) is 65.2 Å². The van der Waals surface area contributed by atoms with E-state index < -0.39 is 17.8 Å². The van der Waals surface area contributed by atoms with Crippen LogP contribution < -0.4 is 16.4 Å². The number of carbonyl (C=O) groups is 5. The van der Waals surface area contributed by atoms with Gasteiger partial charge >= 0.3 is 6.18 Å². The fourth-order valence-electron chi connectivity index (χ4n) is 10.4. The number of halogens is 3. The van der Waals surface area contributed by atoms with Crippen molar-refractivity contribution in [2.45, 2.75) is 140 Å².